The van der Waals surface area contributed by atoms with Crippen LogP contribution in [0.1, 0.15) is 44.7 Å². The summed E-state index contributed by atoms with van der Waals surface area (Å²) < 4.78 is 27.6. The molecule has 1 aromatic rings. The first-order chi connectivity index (χ1) is 9.22. The monoisotopic (exact) mass is 298 g/mol. The molecule has 0 bridgehead atoms. The zero-order valence-electron chi connectivity index (χ0n) is 13.0. The average Bonchev–Trinajstić information content (AvgIpc) is 2.36. The molecule has 0 amide bonds. The molecule has 0 saturated carbocycles. The minimum atomic E-state index is -3.52. The SMILES string of the molecule is CCC(CC)C(C)NS(=O)(=O)c1cc(C)c(C)c(N)c1. The molecule has 5 heteroatoms. The van der Waals surface area contributed by atoms with Crippen LogP contribution in [0.2, 0.25) is 0 Å². The van der Waals surface area contributed by atoms with Crippen molar-refractivity contribution in [3.8, 4) is 0 Å². The highest BCUT2D eigenvalue weighted by Crippen LogP contribution is 2.22. The van der Waals surface area contributed by atoms with E-state index >= 15 is 0 Å². The van der Waals surface area contributed by atoms with Gasteiger partial charge < -0.3 is 5.73 Å². The summed E-state index contributed by atoms with van der Waals surface area (Å²) in [5.74, 6) is 0.341. The number of rotatable bonds is 6. The van der Waals surface area contributed by atoms with Crippen LogP contribution in [0, 0.1) is 19.8 Å². The highest BCUT2D eigenvalue weighted by atomic mass is 32.2. The highest BCUT2D eigenvalue weighted by molar-refractivity contribution is 7.89. The van der Waals surface area contributed by atoms with E-state index in [1.807, 2.05) is 20.8 Å². The standard InChI is InChI=1S/C15H26N2O2S/c1-6-13(7-2)12(5)17-20(18,19)14-8-10(3)11(4)15(16)9-14/h8-9,12-13,17H,6-7,16H2,1-5H3. The Hall–Kier alpha value is -1.07. The van der Waals surface area contributed by atoms with Crippen LogP contribution in [0.15, 0.2) is 17.0 Å². The summed E-state index contributed by atoms with van der Waals surface area (Å²) >= 11 is 0. The normalized spacial score (nSPS) is 13.7. The Morgan fingerprint density at radius 3 is 2.20 bits per heavy atom. The fourth-order valence-corrected chi connectivity index (χ4v) is 3.84. The molecule has 0 radical (unpaired) electrons. The molecule has 0 fully saturated rings. The van der Waals surface area contributed by atoms with E-state index in [9.17, 15) is 8.42 Å². The lowest BCUT2D eigenvalue weighted by atomic mass is 9.96. The van der Waals surface area contributed by atoms with Crippen molar-refractivity contribution < 1.29 is 8.42 Å². The molecule has 0 saturated heterocycles. The number of nitrogens with two attached hydrogens (primary N) is 1. The molecule has 1 aromatic carbocycles. The first kappa shape index (κ1) is 17.0. The van der Waals surface area contributed by atoms with Gasteiger partial charge in [0, 0.05) is 11.7 Å². The number of nitrogen functional groups attached to an aromatic ring is 1. The fraction of sp³-hybridized carbons (Fsp3) is 0.600. The number of aryl methyl sites for hydroxylation is 1. The second kappa shape index (κ2) is 6.59. The summed E-state index contributed by atoms with van der Waals surface area (Å²) in [6, 6.07) is 3.12. The maximum Gasteiger partial charge on any atom is 0.240 e. The van der Waals surface area contributed by atoms with E-state index in [2.05, 4.69) is 18.6 Å². The van der Waals surface area contributed by atoms with E-state index in [0.29, 0.717) is 11.6 Å². The smallest absolute Gasteiger partial charge is 0.240 e. The molecule has 0 aliphatic rings. The molecule has 0 aromatic heterocycles. The van der Waals surface area contributed by atoms with Gasteiger partial charge in [-0.1, -0.05) is 26.7 Å². The molecule has 1 atom stereocenters. The van der Waals surface area contributed by atoms with Crippen molar-refractivity contribution in [1.82, 2.24) is 4.72 Å². The van der Waals surface area contributed by atoms with E-state index in [1.165, 1.54) is 6.07 Å². The van der Waals surface area contributed by atoms with Crippen LogP contribution in [0.25, 0.3) is 0 Å². The third kappa shape index (κ3) is 3.73. The van der Waals surface area contributed by atoms with Gasteiger partial charge in [0.2, 0.25) is 10.0 Å². The minimum Gasteiger partial charge on any atom is -0.398 e. The minimum absolute atomic E-state index is 0.0853. The van der Waals surface area contributed by atoms with Crippen molar-refractivity contribution >= 4 is 15.7 Å². The quantitative estimate of drug-likeness (QED) is 0.793. The van der Waals surface area contributed by atoms with Crippen LogP contribution in [0.5, 0.6) is 0 Å². The number of benzene rings is 1. The first-order valence-corrected chi connectivity index (χ1v) is 8.60. The number of hydrogen-bond acceptors (Lipinski definition) is 3. The molecule has 1 rings (SSSR count). The summed E-state index contributed by atoms with van der Waals surface area (Å²) in [5.41, 5.74) is 8.20. The van der Waals surface area contributed by atoms with Crippen LogP contribution in [-0.2, 0) is 10.0 Å². The van der Waals surface area contributed by atoms with Gasteiger partial charge in [-0.3, -0.25) is 0 Å². The Kier molecular flexibility index (Phi) is 5.59. The first-order valence-electron chi connectivity index (χ1n) is 7.12. The number of anilines is 1. The van der Waals surface area contributed by atoms with E-state index in [0.717, 1.165) is 24.0 Å². The molecular formula is C15H26N2O2S. The van der Waals surface area contributed by atoms with Crippen molar-refractivity contribution in [3.63, 3.8) is 0 Å². The lowest BCUT2D eigenvalue weighted by molar-refractivity contribution is 0.391. The number of nitrogens with one attached hydrogen (secondary N) is 1. The zero-order chi connectivity index (χ0) is 15.5. The van der Waals surface area contributed by atoms with Gasteiger partial charge in [0.1, 0.15) is 0 Å². The summed E-state index contributed by atoms with van der Waals surface area (Å²) in [7, 11) is -3.52. The van der Waals surface area contributed by atoms with Gasteiger partial charge in [-0.05, 0) is 49.9 Å². The number of hydrogen-bond donors (Lipinski definition) is 2. The van der Waals surface area contributed by atoms with Gasteiger partial charge in [-0.15, -0.1) is 0 Å². The Balaban J connectivity index is 3.06. The molecule has 1 unspecified atom stereocenters. The van der Waals surface area contributed by atoms with E-state index < -0.39 is 10.0 Å². The predicted octanol–water partition coefficient (Wildman–Crippen LogP) is 2.99. The second-order valence-corrected chi connectivity index (χ2v) is 7.15. The summed E-state index contributed by atoms with van der Waals surface area (Å²) in [5, 5.41) is 0. The Morgan fingerprint density at radius 2 is 1.75 bits per heavy atom. The molecule has 0 spiro atoms. The van der Waals surface area contributed by atoms with Crippen LogP contribution < -0.4 is 10.5 Å². The average molecular weight is 298 g/mol. The lowest BCUT2D eigenvalue weighted by Crippen LogP contribution is -2.37. The van der Waals surface area contributed by atoms with Crippen LogP contribution in [0.4, 0.5) is 5.69 Å². The summed E-state index contributed by atoms with van der Waals surface area (Å²) in [6.45, 7) is 9.83. The molecular weight excluding hydrogens is 272 g/mol. The van der Waals surface area contributed by atoms with Gasteiger partial charge in [0.15, 0.2) is 0 Å². The van der Waals surface area contributed by atoms with E-state index in [1.54, 1.807) is 6.07 Å². The van der Waals surface area contributed by atoms with Gasteiger partial charge in [0.05, 0.1) is 4.90 Å². The third-order valence-corrected chi connectivity index (χ3v) is 5.63. The van der Waals surface area contributed by atoms with Gasteiger partial charge in [0.25, 0.3) is 0 Å². The molecule has 0 aliphatic heterocycles. The van der Waals surface area contributed by atoms with Crippen LogP contribution in [-0.4, -0.2) is 14.5 Å². The Bertz CT molecular complexity index is 540. The molecule has 3 N–H and O–H groups in total. The zero-order valence-corrected chi connectivity index (χ0v) is 13.8. The molecule has 0 heterocycles. The maximum atomic E-state index is 12.4. The predicted molar refractivity (Wildman–Crippen MR) is 84.2 cm³/mol. The van der Waals surface area contributed by atoms with Crippen molar-refractivity contribution in [3.05, 3.63) is 23.3 Å². The van der Waals surface area contributed by atoms with Crippen LogP contribution >= 0.6 is 0 Å². The van der Waals surface area contributed by atoms with Gasteiger partial charge in [-0.2, -0.15) is 0 Å². The van der Waals surface area contributed by atoms with Crippen LogP contribution in [0.3, 0.4) is 0 Å². The molecule has 0 aliphatic carbocycles. The molecule has 20 heavy (non-hydrogen) atoms. The highest BCUT2D eigenvalue weighted by Gasteiger charge is 2.22. The van der Waals surface area contributed by atoms with E-state index in [4.69, 9.17) is 5.73 Å². The molecule has 4 nitrogen and oxygen atoms in total. The molecule has 114 valence electrons. The summed E-state index contributed by atoms with van der Waals surface area (Å²) in [6.07, 6.45) is 1.91. The maximum absolute atomic E-state index is 12.4. The topological polar surface area (TPSA) is 72.2 Å². The van der Waals surface area contributed by atoms with Crippen molar-refractivity contribution in [2.45, 2.75) is 58.4 Å². The van der Waals surface area contributed by atoms with Crippen molar-refractivity contribution in [2.75, 3.05) is 5.73 Å². The number of sulfonamides is 1. The van der Waals surface area contributed by atoms with Gasteiger partial charge >= 0.3 is 0 Å². The van der Waals surface area contributed by atoms with E-state index in [-0.39, 0.29) is 10.9 Å². The second-order valence-electron chi connectivity index (χ2n) is 5.44. The lowest BCUT2D eigenvalue weighted by Gasteiger charge is -2.22. The van der Waals surface area contributed by atoms with Crippen molar-refractivity contribution in [2.24, 2.45) is 5.92 Å². The largest absolute Gasteiger partial charge is 0.398 e. The Labute approximate surface area is 122 Å². The summed E-state index contributed by atoms with van der Waals surface area (Å²) in [4.78, 5) is 0.246. The third-order valence-electron chi connectivity index (χ3n) is 4.09. The van der Waals surface area contributed by atoms with Gasteiger partial charge in [-0.25, -0.2) is 13.1 Å². The fourth-order valence-electron chi connectivity index (χ4n) is 2.41. The van der Waals surface area contributed by atoms with Crippen molar-refractivity contribution in [1.29, 1.82) is 0 Å². The Morgan fingerprint density at radius 1 is 1.20 bits per heavy atom.